The molecule has 4 heterocycles. The van der Waals surface area contributed by atoms with E-state index in [0.29, 0.717) is 73.0 Å². The molecule has 1 aromatic carbocycles. The van der Waals surface area contributed by atoms with Crippen molar-refractivity contribution in [1.82, 2.24) is 30.9 Å². The molecule has 0 radical (unpaired) electrons. The summed E-state index contributed by atoms with van der Waals surface area (Å²) in [5.74, 6) is -0.970. The summed E-state index contributed by atoms with van der Waals surface area (Å²) in [6, 6.07) is 11.7. The van der Waals surface area contributed by atoms with Crippen LogP contribution in [0.5, 0.6) is 11.8 Å². The van der Waals surface area contributed by atoms with Crippen LogP contribution < -0.4 is 30.7 Å². The van der Waals surface area contributed by atoms with Gasteiger partial charge in [-0.3, -0.25) is 19.9 Å². The number of anilines is 1. The highest BCUT2D eigenvalue weighted by Crippen LogP contribution is 2.45. The number of methoxy groups -OCH3 is 2. The van der Waals surface area contributed by atoms with Gasteiger partial charge in [-0.25, -0.2) is 4.98 Å². The van der Waals surface area contributed by atoms with Gasteiger partial charge in [0.15, 0.2) is 0 Å². The summed E-state index contributed by atoms with van der Waals surface area (Å²) in [6.45, 7) is 0.966. The van der Waals surface area contributed by atoms with Crippen LogP contribution in [0.2, 0.25) is 5.02 Å². The first-order valence-corrected chi connectivity index (χ1v) is 18.0. The number of rotatable bonds is 14. The van der Waals surface area contributed by atoms with E-state index in [1.54, 1.807) is 19.4 Å². The van der Waals surface area contributed by atoms with E-state index in [0.717, 1.165) is 34.7 Å². The lowest BCUT2D eigenvalue weighted by molar-refractivity contribution is -0.141. The van der Waals surface area contributed by atoms with E-state index >= 15 is 0 Å². The molecule has 2 aliphatic carbocycles. The summed E-state index contributed by atoms with van der Waals surface area (Å²) in [7, 11) is 2.86. The average molecular weight is 766 g/mol. The van der Waals surface area contributed by atoms with Crippen LogP contribution in [-0.4, -0.2) is 64.3 Å². The van der Waals surface area contributed by atoms with Gasteiger partial charge in [0.1, 0.15) is 11.4 Å². The molecule has 16 heteroatoms. The van der Waals surface area contributed by atoms with Crippen LogP contribution in [0.4, 0.5) is 19.0 Å². The Morgan fingerprint density at radius 3 is 2.48 bits per heavy atom. The summed E-state index contributed by atoms with van der Waals surface area (Å²) >= 11 is 7.05. The van der Waals surface area contributed by atoms with Crippen LogP contribution in [0, 0.1) is 0 Å². The summed E-state index contributed by atoms with van der Waals surface area (Å²) in [4.78, 5) is 36.8. The van der Waals surface area contributed by atoms with Crippen LogP contribution in [0.15, 0.2) is 48.7 Å². The fraction of sp³-hybridized carbons (Fsp3) is 0.395. The molecule has 7 rings (SSSR count). The Kier molecular flexibility index (Phi) is 10.4. The number of benzene rings is 1. The number of carboxylic acids is 1. The number of halogens is 4. The van der Waals surface area contributed by atoms with E-state index < -0.39 is 29.3 Å². The maximum Gasteiger partial charge on any atom is 0.419 e. The number of carbonyl (C=O) groups is 2. The Morgan fingerprint density at radius 1 is 1.02 bits per heavy atom. The smallest absolute Gasteiger partial charge is 0.419 e. The molecule has 0 bridgehead atoms. The third-order valence-electron chi connectivity index (χ3n) is 10.3. The maximum atomic E-state index is 14.5. The summed E-state index contributed by atoms with van der Waals surface area (Å²) in [6.07, 6.45) is 0.0245. The number of nitrogens with zero attached hydrogens (tertiary/aromatic N) is 3. The summed E-state index contributed by atoms with van der Waals surface area (Å²) in [5, 5.41) is 22.1. The number of hydrogen-bond donors (Lipinski definition) is 5. The zero-order chi connectivity index (χ0) is 38.2. The van der Waals surface area contributed by atoms with Crippen molar-refractivity contribution in [3.8, 4) is 34.3 Å². The lowest BCUT2D eigenvalue weighted by Gasteiger charge is -2.22. The van der Waals surface area contributed by atoms with Crippen molar-refractivity contribution in [2.75, 3.05) is 26.1 Å². The van der Waals surface area contributed by atoms with Crippen LogP contribution in [0.1, 0.15) is 66.0 Å². The predicted molar refractivity (Wildman–Crippen MR) is 194 cm³/mol. The predicted octanol–water partition coefficient (Wildman–Crippen LogP) is 6.07. The second-order valence-electron chi connectivity index (χ2n) is 13.7. The second kappa shape index (κ2) is 15.0. The van der Waals surface area contributed by atoms with Crippen molar-refractivity contribution in [3.63, 3.8) is 0 Å². The number of alkyl halides is 3. The first-order valence-electron chi connectivity index (χ1n) is 17.6. The highest BCUT2D eigenvalue weighted by atomic mass is 35.5. The number of aliphatic carboxylic acids is 1. The molecular formula is C38H39ClF3N7O5. The fourth-order valence-corrected chi connectivity index (χ4v) is 7.50. The van der Waals surface area contributed by atoms with E-state index in [1.807, 2.05) is 30.3 Å². The van der Waals surface area contributed by atoms with Gasteiger partial charge in [-0.15, -0.1) is 0 Å². The quantitative estimate of drug-likeness (QED) is 0.101. The number of hydrogen-bond acceptors (Lipinski definition) is 10. The van der Waals surface area contributed by atoms with Gasteiger partial charge in [-0.05, 0) is 61.4 Å². The van der Waals surface area contributed by atoms with Gasteiger partial charge in [0, 0.05) is 60.5 Å². The van der Waals surface area contributed by atoms with E-state index in [1.165, 1.54) is 7.11 Å². The standard InChI is InChI=1S/C38H39ClF3N7O5/c1-53-34-20(17-43-19-22-7-11-30(50)46-22)6-9-29(48-34)26-12-15-44-32(31(26)39)25-5-3-4-24-23(25)8-10-28(24)47-33-27(38(40,41)42)16-21(35(49-33)54-2)18-45-37(13-14-37)36(51)52/h3-6,9,12,15-16,22,28,43,45H,7-8,10-11,13-14,17-19H2,1-2H3,(H,46,50)(H,47,49)(H,51,52)/t22-,28+/m0/s1. The van der Waals surface area contributed by atoms with E-state index in [9.17, 15) is 27.9 Å². The third kappa shape index (κ3) is 7.52. The number of ether oxygens (including phenoxy) is 2. The SMILES string of the molecule is COc1nc(-c2ccnc(-c3cccc4c3CC[C@H]4Nc3nc(OC)c(CNC4(C(=O)O)CC4)cc3C(F)(F)F)c2Cl)ccc1CNC[C@@H]1CCC(=O)N1. The molecule has 3 aromatic heterocycles. The van der Waals surface area contributed by atoms with Crippen molar-refractivity contribution in [2.24, 2.45) is 0 Å². The van der Waals surface area contributed by atoms with Gasteiger partial charge in [0.25, 0.3) is 0 Å². The molecule has 1 aliphatic heterocycles. The molecular weight excluding hydrogens is 727 g/mol. The number of nitrogens with one attached hydrogen (secondary N) is 4. The van der Waals surface area contributed by atoms with Crippen LogP contribution in [0.25, 0.3) is 22.5 Å². The molecule has 54 heavy (non-hydrogen) atoms. The molecule has 12 nitrogen and oxygen atoms in total. The van der Waals surface area contributed by atoms with E-state index in [4.69, 9.17) is 26.1 Å². The topological polar surface area (TPSA) is 160 Å². The molecule has 284 valence electrons. The Morgan fingerprint density at radius 2 is 1.80 bits per heavy atom. The summed E-state index contributed by atoms with van der Waals surface area (Å²) in [5.41, 5.74) is 2.99. The molecule has 4 aromatic rings. The van der Waals surface area contributed by atoms with Crippen LogP contribution >= 0.6 is 11.6 Å². The Labute approximate surface area is 314 Å². The van der Waals surface area contributed by atoms with Crippen LogP contribution in [0.3, 0.4) is 0 Å². The summed E-state index contributed by atoms with van der Waals surface area (Å²) < 4.78 is 54.4. The molecule has 3 aliphatic rings. The third-order valence-corrected chi connectivity index (χ3v) is 10.6. The Balaban J connectivity index is 1.13. The minimum absolute atomic E-state index is 0.0347. The van der Waals surface area contributed by atoms with Gasteiger partial charge in [-0.2, -0.15) is 18.2 Å². The first kappa shape index (κ1) is 37.3. The normalized spacial score (nSPS) is 18.6. The number of pyridine rings is 3. The Hall–Kier alpha value is -4.99. The van der Waals surface area contributed by atoms with Crippen molar-refractivity contribution in [1.29, 1.82) is 0 Å². The largest absolute Gasteiger partial charge is 0.481 e. The van der Waals surface area contributed by atoms with Gasteiger partial charge in [0.05, 0.1) is 42.2 Å². The zero-order valence-corrected chi connectivity index (χ0v) is 30.3. The van der Waals surface area contributed by atoms with Gasteiger partial charge < -0.3 is 30.5 Å². The van der Waals surface area contributed by atoms with Gasteiger partial charge in [-0.1, -0.05) is 35.9 Å². The number of aromatic nitrogens is 3. The Bertz CT molecular complexity index is 2100. The number of amides is 1. The zero-order valence-electron chi connectivity index (χ0n) is 29.6. The van der Waals surface area contributed by atoms with E-state index in [-0.39, 0.29) is 35.8 Å². The van der Waals surface area contributed by atoms with Gasteiger partial charge in [0.2, 0.25) is 17.7 Å². The maximum absolute atomic E-state index is 14.5. The molecule has 5 N–H and O–H groups in total. The minimum Gasteiger partial charge on any atom is -0.481 e. The molecule has 1 saturated carbocycles. The number of carbonyl (C=O) groups excluding carboxylic acids is 1. The first-order chi connectivity index (χ1) is 25.9. The lowest BCUT2D eigenvalue weighted by atomic mass is 9.98. The minimum atomic E-state index is -4.75. The van der Waals surface area contributed by atoms with Crippen molar-refractivity contribution < 1.29 is 37.3 Å². The number of carboxylic acid groups (broad SMARTS) is 1. The van der Waals surface area contributed by atoms with Crippen molar-refractivity contribution >= 4 is 29.3 Å². The van der Waals surface area contributed by atoms with Crippen molar-refractivity contribution in [3.05, 3.63) is 81.5 Å². The van der Waals surface area contributed by atoms with Crippen molar-refractivity contribution in [2.45, 2.75) is 75.4 Å². The monoisotopic (exact) mass is 765 g/mol. The second-order valence-corrected chi connectivity index (χ2v) is 14.1. The highest BCUT2D eigenvalue weighted by molar-refractivity contribution is 6.35. The highest BCUT2D eigenvalue weighted by Gasteiger charge is 2.50. The fourth-order valence-electron chi connectivity index (χ4n) is 7.19. The average Bonchev–Trinajstić information content (AvgIpc) is 3.68. The van der Waals surface area contributed by atoms with E-state index in [2.05, 4.69) is 31.2 Å². The molecule has 0 unspecified atom stereocenters. The molecule has 1 amide bonds. The molecule has 2 fully saturated rings. The molecule has 1 saturated heterocycles. The molecule has 0 spiro atoms. The lowest BCUT2D eigenvalue weighted by Crippen LogP contribution is -2.38. The van der Waals surface area contributed by atoms with Gasteiger partial charge >= 0.3 is 12.1 Å². The number of fused-ring (bicyclic) bond motifs is 1. The molecule has 2 atom stereocenters. The van der Waals surface area contributed by atoms with Crippen LogP contribution in [-0.2, 0) is 35.3 Å².